The van der Waals surface area contributed by atoms with E-state index in [1.54, 1.807) is 0 Å². The second kappa shape index (κ2) is 30.2. The minimum absolute atomic E-state index is 0. The number of fused-ring (bicyclic) bond motifs is 40. The molecule has 16 unspecified atom stereocenters. The molecule has 93 heavy (non-hydrogen) atoms. The van der Waals surface area contributed by atoms with Gasteiger partial charge in [0.1, 0.15) is 0 Å². The number of nitrogens with one attached hydrogen (secondary N) is 16. The van der Waals surface area contributed by atoms with Crippen LogP contribution in [0.3, 0.4) is 0 Å². The van der Waals surface area contributed by atoms with Gasteiger partial charge < -0.3 is 19.8 Å². The molecule has 16 N–H and O–H groups in total. The summed E-state index contributed by atoms with van der Waals surface area (Å²) in [6, 6.07) is 0. The summed E-state index contributed by atoms with van der Waals surface area (Å²) in [7, 11) is 0. The Kier molecular flexibility index (Phi) is 22.3. The second-order valence-electron chi connectivity index (χ2n) is 33.3. The van der Waals surface area contributed by atoms with Crippen LogP contribution in [0.4, 0.5) is 0 Å². The summed E-state index contributed by atoms with van der Waals surface area (Å²) in [5.41, 5.74) is 0.130. The van der Waals surface area contributed by atoms with E-state index in [1.165, 1.54) is 219 Å². The van der Waals surface area contributed by atoms with Crippen LogP contribution in [0.15, 0.2) is 24.3 Å². The van der Waals surface area contributed by atoms with Crippen LogP contribution in [0.2, 0.25) is 0 Å². The molecule has 20 nitrogen and oxygen atoms in total. The summed E-state index contributed by atoms with van der Waals surface area (Å²) in [4.78, 5) is 19.0. The zero-order chi connectivity index (χ0) is 62.7. The molecular formula is C72H122CuN16O4. The second-order valence-corrected chi connectivity index (χ2v) is 33.3. The largest absolute Gasteiger partial charge is 2.00 e. The van der Waals surface area contributed by atoms with Gasteiger partial charge in [-0.3, -0.25) is 85.1 Å². The predicted molar refractivity (Wildman–Crippen MR) is 354 cm³/mol. The van der Waals surface area contributed by atoms with Crippen molar-refractivity contribution in [2.75, 3.05) is 0 Å². The van der Waals surface area contributed by atoms with Crippen LogP contribution in [-0.2, 0) is 26.7 Å². The van der Waals surface area contributed by atoms with Crippen LogP contribution in [-0.4, -0.2) is 111 Å². The molecule has 21 heteroatoms. The molecule has 16 atom stereocenters. The Morgan fingerprint density at radius 1 is 0.215 bits per heavy atom. The molecule has 0 aromatic carbocycles. The fourth-order valence-corrected chi connectivity index (χ4v) is 23.9. The van der Waals surface area contributed by atoms with E-state index in [4.69, 9.17) is 0 Å². The fourth-order valence-electron chi connectivity index (χ4n) is 23.9. The van der Waals surface area contributed by atoms with Crippen LogP contribution >= 0.6 is 0 Å². The van der Waals surface area contributed by atoms with Gasteiger partial charge in [-0.1, -0.05) is 116 Å². The van der Waals surface area contributed by atoms with Gasteiger partial charge in [0.05, 0.1) is 111 Å². The molecule has 0 aromatic rings. The summed E-state index contributed by atoms with van der Waals surface area (Å²) in [5, 5.41) is 86.6. The number of carbonyl (C=O) groups is 2. The number of aliphatic carboxylic acids is 2. The standard InChI is InChI=1S/2C32H56N8.2C4H6O2.Cu/c2*1-2-10-18-17(9-1)25-33-26(18)38-28-21-13-5-6-14-22(21)30(35-28)40-32-24-16-8-7-15-23(24)31(36-32)39-29-20-12-4-3-11-19(20)27(34-29)37-25;2*1-3(2)4(5)6;/h2*17-40H,1-16H2;2*1H2,2H3,(H,5,6);/q;;;;+2/p-2. The van der Waals surface area contributed by atoms with Crippen molar-refractivity contribution in [3.63, 3.8) is 0 Å². The Morgan fingerprint density at radius 2 is 0.280 bits per heavy atom. The number of carboxylic acid groups (broad SMARTS) is 2. The molecule has 8 aliphatic carbocycles. The van der Waals surface area contributed by atoms with Gasteiger partial charge >= 0.3 is 17.1 Å². The Morgan fingerprint density at radius 3 is 0.333 bits per heavy atom. The number of hydrogen-bond donors (Lipinski definition) is 16. The zero-order valence-corrected chi connectivity index (χ0v) is 57.4. The van der Waals surface area contributed by atoms with E-state index in [1.807, 2.05) is 0 Å². The van der Waals surface area contributed by atoms with Gasteiger partial charge in [-0.2, -0.15) is 0 Å². The molecule has 10 saturated heterocycles. The average molecular weight is 1340 g/mol. The first-order valence-corrected chi connectivity index (χ1v) is 38.8. The third kappa shape index (κ3) is 14.2. The van der Waals surface area contributed by atoms with Crippen LogP contribution < -0.4 is 95.3 Å². The van der Waals surface area contributed by atoms with Gasteiger partial charge in [-0.05, 0) is 222 Å². The molecule has 525 valence electrons. The first-order chi connectivity index (χ1) is 44.9. The van der Waals surface area contributed by atoms with Crippen molar-refractivity contribution in [2.45, 2.75) is 318 Å². The van der Waals surface area contributed by atoms with Gasteiger partial charge in [0.15, 0.2) is 0 Å². The van der Waals surface area contributed by atoms with E-state index in [9.17, 15) is 19.8 Å². The van der Waals surface area contributed by atoms with Gasteiger partial charge in [0.2, 0.25) is 0 Å². The minimum Gasteiger partial charge on any atom is -0.545 e. The maximum Gasteiger partial charge on any atom is 2.00 e. The third-order valence-corrected chi connectivity index (χ3v) is 28.3. The summed E-state index contributed by atoms with van der Waals surface area (Å²) in [6.45, 7) is 8.95. The summed E-state index contributed by atoms with van der Waals surface area (Å²) in [5.74, 6) is 9.57. The molecule has 10 heterocycles. The molecule has 0 spiro atoms. The van der Waals surface area contributed by atoms with E-state index in [2.05, 4.69) is 98.2 Å². The Bertz CT molecular complexity index is 1950. The van der Waals surface area contributed by atoms with Crippen LogP contribution in [0.25, 0.3) is 0 Å². The molecule has 18 rings (SSSR count). The average Bonchev–Trinajstić information content (AvgIpc) is 1.63. The SMILES string of the molecule is C1CCC2C3NC(NC4NC(NC5NC(NC6NC(N3)C3CCCCC63)C3CCCCC53)C3CCCCC43)C2C1.C1CCC2C3NC(NC4NC(NC5NC(NC6NC(N3)C3CCCCC63)C3CCCCC53)C3CCCCC43)C2C1.C=C(C)C(=O)[O-].C=C(C)C(=O)[O-].[Cu+2]. The maximum atomic E-state index is 9.49. The Labute approximate surface area is 567 Å². The summed E-state index contributed by atoms with van der Waals surface area (Å²) >= 11 is 0. The minimum atomic E-state index is -1.19. The fraction of sp³-hybridized carbons (Fsp3) is 0.917. The molecule has 0 aromatic heterocycles. The van der Waals surface area contributed by atoms with Gasteiger partial charge in [-0.25, -0.2) is 0 Å². The first-order valence-electron chi connectivity index (χ1n) is 38.8. The quantitative estimate of drug-likeness (QED) is 0.138. The van der Waals surface area contributed by atoms with E-state index in [-0.39, 0.29) is 28.2 Å². The van der Waals surface area contributed by atoms with Crippen molar-refractivity contribution >= 4 is 11.9 Å². The van der Waals surface area contributed by atoms with Gasteiger partial charge in [0, 0.05) is 0 Å². The van der Waals surface area contributed by atoms with Crippen LogP contribution in [0.1, 0.15) is 219 Å². The van der Waals surface area contributed by atoms with Gasteiger partial charge in [-0.15, -0.1) is 0 Å². The predicted octanol–water partition coefficient (Wildman–Crippen LogP) is 3.83. The number of rotatable bonds is 2. The maximum absolute atomic E-state index is 9.49. The Hall–Kier alpha value is -1.70. The van der Waals surface area contributed by atoms with E-state index >= 15 is 0 Å². The van der Waals surface area contributed by atoms with Crippen LogP contribution in [0.5, 0.6) is 0 Å². The Balaban J connectivity index is 0.000000136. The summed E-state index contributed by atoms with van der Waals surface area (Å²) in [6.07, 6.45) is 51.1. The molecule has 18 aliphatic rings. The summed E-state index contributed by atoms with van der Waals surface area (Å²) < 4.78 is 0. The third-order valence-electron chi connectivity index (χ3n) is 28.3. The topological polar surface area (TPSA) is 273 Å². The van der Waals surface area contributed by atoms with Crippen LogP contribution in [0, 0.1) is 94.7 Å². The molecule has 1 radical (unpaired) electrons. The van der Waals surface area contributed by atoms with Crippen molar-refractivity contribution in [1.82, 2.24) is 85.1 Å². The van der Waals surface area contributed by atoms with Crippen molar-refractivity contribution in [3.05, 3.63) is 24.3 Å². The van der Waals surface area contributed by atoms with E-state index < -0.39 is 11.9 Å². The number of hydrogen-bond acceptors (Lipinski definition) is 20. The number of carboxylic acids is 2. The smallest absolute Gasteiger partial charge is 0.545 e. The van der Waals surface area contributed by atoms with Crippen molar-refractivity contribution < 1.29 is 36.9 Å². The molecule has 0 amide bonds. The van der Waals surface area contributed by atoms with Crippen molar-refractivity contribution in [3.8, 4) is 0 Å². The first kappa shape index (κ1) is 68.4. The molecule has 18 fully saturated rings. The number of carbonyl (C=O) groups excluding carboxylic acids is 2. The van der Waals surface area contributed by atoms with Gasteiger partial charge in [0.25, 0.3) is 0 Å². The van der Waals surface area contributed by atoms with E-state index in [0.717, 1.165) is 94.7 Å². The molecule has 8 saturated carbocycles. The molecule has 10 aliphatic heterocycles. The molecule has 16 bridgehead atoms. The zero-order valence-electron chi connectivity index (χ0n) is 56.5. The monoisotopic (exact) mass is 1340 g/mol. The normalized spacial score (nSPS) is 50.5. The van der Waals surface area contributed by atoms with Crippen molar-refractivity contribution in [1.29, 1.82) is 0 Å². The van der Waals surface area contributed by atoms with E-state index in [0.29, 0.717) is 98.7 Å². The van der Waals surface area contributed by atoms with Crippen molar-refractivity contribution in [2.24, 2.45) is 94.7 Å². The molecular weight excluding hydrogens is 1220 g/mol.